The van der Waals surface area contributed by atoms with E-state index in [0.29, 0.717) is 25.3 Å². The number of aromatic nitrogens is 2. The van der Waals surface area contributed by atoms with Gasteiger partial charge < -0.3 is 16.0 Å². The molecule has 6 heteroatoms. The number of hydrogen-bond donors (Lipinski definition) is 2. The molecule has 0 aliphatic carbocycles. The van der Waals surface area contributed by atoms with Gasteiger partial charge in [-0.3, -0.25) is 4.79 Å². The number of aryl methyl sites for hydroxylation is 2. The van der Waals surface area contributed by atoms with Crippen LogP contribution in [0.3, 0.4) is 0 Å². The summed E-state index contributed by atoms with van der Waals surface area (Å²) < 4.78 is 0. The van der Waals surface area contributed by atoms with Crippen LogP contribution < -0.4 is 16.0 Å². The molecule has 20 heavy (non-hydrogen) atoms. The number of nitrogens with zero attached hydrogens (tertiary/aromatic N) is 3. The van der Waals surface area contributed by atoms with Crippen molar-refractivity contribution in [2.45, 2.75) is 45.7 Å². The Morgan fingerprint density at radius 3 is 2.95 bits per heavy atom. The number of hydrogen-bond acceptors (Lipinski definition) is 5. The van der Waals surface area contributed by atoms with Crippen molar-refractivity contribution in [2.75, 3.05) is 18.0 Å². The summed E-state index contributed by atoms with van der Waals surface area (Å²) in [7, 11) is 0. The molecule has 0 radical (unpaired) electrons. The number of rotatable bonds is 4. The van der Waals surface area contributed by atoms with E-state index in [9.17, 15) is 4.79 Å². The molecule has 0 unspecified atom stereocenters. The van der Waals surface area contributed by atoms with Gasteiger partial charge in [-0.05, 0) is 26.7 Å². The molecule has 1 fully saturated rings. The van der Waals surface area contributed by atoms with E-state index in [0.717, 1.165) is 17.8 Å². The summed E-state index contributed by atoms with van der Waals surface area (Å²) in [5, 5.41) is 2.88. The first-order valence-electron chi connectivity index (χ1n) is 7.19. The molecular weight excluding hydrogens is 254 g/mol. The molecule has 2 rings (SSSR count). The molecule has 1 amide bonds. The number of carbonyl (C=O) groups is 1. The first kappa shape index (κ1) is 14.7. The number of nitrogens with one attached hydrogen (secondary N) is 1. The molecule has 6 nitrogen and oxygen atoms in total. The Morgan fingerprint density at radius 2 is 2.30 bits per heavy atom. The van der Waals surface area contributed by atoms with Crippen molar-refractivity contribution in [2.24, 2.45) is 5.73 Å². The number of amides is 1. The van der Waals surface area contributed by atoms with Gasteiger partial charge in [0.2, 0.25) is 5.91 Å². The largest absolute Gasteiger partial charge is 0.355 e. The van der Waals surface area contributed by atoms with Crippen LogP contribution >= 0.6 is 0 Å². The molecule has 0 bridgehead atoms. The average molecular weight is 277 g/mol. The Hall–Kier alpha value is -1.69. The van der Waals surface area contributed by atoms with Gasteiger partial charge in [-0.25, -0.2) is 9.97 Å². The van der Waals surface area contributed by atoms with Gasteiger partial charge >= 0.3 is 0 Å². The lowest BCUT2D eigenvalue weighted by Gasteiger charge is -2.26. The second-order valence-corrected chi connectivity index (χ2v) is 5.18. The van der Waals surface area contributed by atoms with Crippen LogP contribution in [0.15, 0.2) is 6.20 Å². The summed E-state index contributed by atoms with van der Waals surface area (Å²) in [6.07, 6.45) is 3.35. The van der Waals surface area contributed by atoms with E-state index < -0.39 is 0 Å². The molecule has 2 heterocycles. The topological polar surface area (TPSA) is 84.1 Å². The third-order valence-electron chi connectivity index (χ3n) is 3.60. The van der Waals surface area contributed by atoms with E-state index in [1.165, 1.54) is 0 Å². The zero-order chi connectivity index (χ0) is 14.7. The fourth-order valence-electron chi connectivity index (χ4n) is 2.62. The smallest absolute Gasteiger partial charge is 0.242 e. The van der Waals surface area contributed by atoms with Crippen LogP contribution in [0.4, 0.5) is 5.82 Å². The van der Waals surface area contributed by atoms with Gasteiger partial charge in [-0.1, -0.05) is 6.92 Å². The fraction of sp³-hybridized carbons (Fsp3) is 0.643. The minimum atomic E-state index is -0.232. The van der Waals surface area contributed by atoms with E-state index in [-0.39, 0.29) is 18.0 Å². The standard InChI is InChI=1S/C14H23N5O/c1-4-10-7-17-9(3)18-13(10)19-8-11(15)6-12(19)14(20)16-5-2/h7,11-12H,4-6,8,15H2,1-3H3,(H,16,20)/t11-,12-/m0/s1. The van der Waals surface area contributed by atoms with Crippen molar-refractivity contribution in [1.82, 2.24) is 15.3 Å². The van der Waals surface area contributed by atoms with Gasteiger partial charge in [0.05, 0.1) is 0 Å². The highest BCUT2D eigenvalue weighted by atomic mass is 16.2. The number of anilines is 1. The summed E-state index contributed by atoms with van der Waals surface area (Å²) in [4.78, 5) is 23.0. The van der Waals surface area contributed by atoms with Crippen molar-refractivity contribution in [3.63, 3.8) is 0 Å². The zero-order valence-corrected chi connectivity index (χ0v) is 12.4. The lowest BCUT2D eigenvalue weighted by Crippen LogP contribution is -2.44. The van der Waals surface area contributed by atoms with Crippen molar-refractivity contribution < 1.29 is 4.79 Å². The Morgan fingerprint density at radius 1 is 1.55 bits per heavy atom. The molecule has 1 aromatic heterocycles. The summed E-state index contributed by atoms with van der Waals surface area (Å²) in [5.41, 5.74) is 7.11. The molecule has 0 spiro atoms. The normalized spacial score (nSPS) is 22.1. The van der Waals surface area contributed by atoms with E-state index in [2.05, 4.69) is 22.2 Å². The Balaban J connectivity index is 2.33. The second kappa shape index (κ2) is 6.17. The minimum absolute atomic E-state index is 0.00239. The van der Waals surface area contributed by atoms with Gasteiger partial charge in [0, 0.05) is 30.9 Å². The molecule has 110 valence electrons. The fourth-order valence-corrected chi connectivity index (χ4v) is 2.62. The molecular formula is C14H23N5O. The third-order valence-corrected chi connectivity index (χ3v) is 3.60. The van der Waals surface area contributed by atoms with Crippen LogP contribution in [0, 0.1) is 6.92 Å². The molecule has 1 aromatic rings. The monoisotopic (exact) mass is 277 g/mol. The molecule has 1 aliphatic heterocycles. The summed E-state index contributed by atoms with van der Waals surface area (Å²) >= 11 is 0. The van der Waals surface area contributed by atoms with Crippen LogP contribution in [0.1, 0.15) is 31.7 Å². The zero-order valence-electron chi connectivity index (χ0n) is 12.4. The van der Waals surface area contributed by atoms with E-state index in [4.69, 9.17) is 5.73 Å². The maximum Gasteiger partial charge on any atom is 0.242 e. The highest BCUT2D eigenvalue weighted by Gasteiger charge is 2.36. The predicted octanol–water partition coefficient (Wildman–Crippen LogP) is 0.390. The minimum Gasteiger partial charge on any atom is -0.355 e. The third kappa shape index (κ3) is 2.90. The Kier molecular flexibility index (Phi) is 4.54. The van der Waals surface area contributed by atoms with Crippen molar-refractivity contribution in [1.29, 1.82) is 0 Å². The van der Waals surface area contributed by atoms with E-state index >= 15 is 0 Å². The Bertz CT molecular complexity index is 490. The molecule has 0 aromatic carbocycles. The van der Waals surface area contributed by atoms with Crippen LogP contribution in [-0.4, -0.2) is 41.0 Å². The van der Waals surface area contributed by atoms with Crippen LogP contribution in [0.2, 0.25) is 0 Å². The van der Waals surface area contributed by atoms with Crippen LogP contribution in [0.25, 0.3) is 0 Å². The van der Waals surface area contributed by atoms with Crippen molar-refractivity contribution >= 4 is 11.7 Å². The van der Waals surface area contributed by atoms with Gasteiger partial charge in [-0.15, -0.1) is 0 Å². The van der Waals surface area contributed by atoms with E-state index in [1.54, 1.807) is 0 Å². The van der Waals surface area contributed by atoms with Crippen LogP contribution in [-0.2, 0) is 11.2 Å². The molecule has 3 N–H and O–H groups in total. The first-order chi connectivity index (χ1) is 9.56. The van der Waals surface area contributed by atoms with Gasteiger partial charge in [0.15, 0.2) is 0 Å². The molecule has 2 atom stereocenters. The average Bonchev–Trinajstić information content (AvgIpc) is 2.81. The summed E-state index contributed by atoms with van der Waals surface area (Å²) in [6.45, 7) is 7.13. The SMILES string of the molecule is CCNC(=O)[C@@H]1C[C@H](N)CN1c1nc(C)ncc1CC. The lowest BCUT2D eigenvalue weighted by molar-refractivity contribution is -0.122. The number of likely N-dealkylation sites (N-methyl/N-ethyl adjacent to an activating group) is 1. The molecule has 0 saturated carbocycles. The summed E-state index contributed by atoms with van der Waals surface area (Å²) in [6, 6.07) is -0.230. The first-order valence-corrected chi connectivity index (χ1v) is 7.19. The second-order valence-electron chi connectivity index (χ2n) is 5.18. The number of carbonyl (C=O) groups excluding carboxylic acids is 1. The van der Waals surface area contributed by atoms with Crippen LogP contribution in [0.5, 0.6) is 0 Å². The summed E-state index contributed by atoms with van der Waals surface area (Å²) in [5.74, 6) is 1.59. The van der Waals surface area contributed by atoms with E-state index in [1.807, 2.05) is 24.9 Å². The van der Waals surface area contributed by atoms with Gasteiger partial charge in [-0.2, -0.15) is 0 Å². The Labute approximate surface area is 119 Å². The molecule has 1 aliphatic rings. The maximum absolute atomic E-state index is 12.2. The van der Waals surface area contributed by atoms with Gasteiger partial charge in [0.1, 0.15) is 17.7 Å². The lowest BCUT2D eigenvalue weighted by atomic mass is 10.1. The highest BCUT2D eigenvalue weighted by molar-refractivity contribution is 5.86. The van der Waals surface area contributed by atoms with Crippen molar-refractivity contribution in [3.8, 4) is 0 Å². The molecule has 1 saturated heterocycles. The number of nitrogens with two attached hydrogens (primary N) is 1. The predicted molar refractivity (Wildman–Crippen MR) is 78.6 cm³/mol. The quantitative estimate of drug-likeness (QED) is 0.831. The van der Waals surface area contributed by atoms with Crippen molar-refractivity contribution in [3.05, 3.63) is 17.6 Å². The van der Waals surface area contributed by atoms with Gasteiger partial charge in [0.25, 0.3) is 0 Å². The highest BCUT2D eigenvalue weighted by Crippen LogP contribution is 2.27. The maximum atomic E-state index is 12.2.